The Bertz CT molecular complexity index is 1110. The molecule has 0 bridgehead atoms. The summed E-state index contributed by atoms with van der Waals surface area (Å²) in [7, 11) is 0. The Morgan fingerprint density at radius 3 is 2.63 bits per heavy atom. The molecule has 0 saturated carbocycles. The number of nitrogens with zero attached hydrogens (tertiary/aromatic N) is 4. The fourth-order valence-corrected chi connectivity index (χ4v) is 3.27. The smallest absolute Gasteiger partial charge is 0.320 e. The Morgan fingerprint density at radius 1 is 1.10 bits per heavy atom. The van der Waals surface area contributed by atoms with Gasteiger partial charge in [-0.2, -0.15) is 13.2 Å². The minimum atomic E-state index is -4.57. The number of alkyl halides is 3. The SMILES string of the molecule is O=C(Nc1cccc(N2CCCC2=O)c1)c1cn(-c2ccccc2C(F)(F)F)nn1. The second-order valence-electron chi connectivity index (χ2n) is 6.72. The van der Waals surface area contributed by atoms with Crippen LogP contribution >= 0.6 is 0 Å². The minimum Gasteiger partial charge on any atom is -0.320 e. The average Bonchev–Trinajstić information content (AvgIpc) is 3.37. The number of hydrogen-bond acceptors (Lipinski definition) is 4. The molecule has 0 spiro atoms. The Balaban J connectivity index is 1.54. The van der Waals surface area contributed by atoms with E-state index in [0.717, 1.165) is 23.4 Å². The Hall–Kier alpha value is -3.69. The largest absolute Gasteiger partial charge is 0.418 e. The second kappa shape index (κ2) is 7.62. The van der Waals surface area contributed by atoms with Gasteiger partial charge in [-0.15, -0.1) is 5.10 Å². The number of para-hydroxylation sites is 1. The van der Waals surface area contributed by atoms with Gasteiger partial charge in [-0.1, -0.05) is 23.4 Å². The number of halogens is 3. The normalized spacial score (nSPS) is 14.2. The highest BCUT2D eigenvalue weighted by molar-refractivity contribution is 6.03. The molecule has 2 amide bonds. The van der Waals surface area contributed by atoms with Gasteiger partial charge in [0.25, 0.3) is 5.91 Å². The summed E-state index contributed by atoms with van der Waals surface area (Å²) in [4.78, 5) is 26.0. The molecular weight excluding hydrogens is 399 g/mol. The van der Waals surface area contributed by atoms with Crippen LogP contribution in [0.4, 0.5) is 24.5 Å². The van der Waals surface area contributed by atoms with Crippen LogP contribution in [0.1, 0.15) is 28.9 Å². The number of carbonyl (C=O) groups is 2. The third kappa shape index (κ3) is 3.88. The number of benzene rings is 2. The van der Waals surface area contributed by atoms with E-state index in [1.165, 1.54) is 18.2 Å². The first-order valence-electron chi connectivity index (χ1n) is 9.13. The molecule has 2 aromatic carbocycles. The fraction of sp³-hybridized carbons (Fsp3) is 0.200. The predicted molar refractivity (Wildman–Crippen MR) is 102 cm³/mol. The number of hydrogen-bond donors (Lipinski definition) is 1. The van der Waals surface area contributed by atoms with Gasteiger partial charge >= 0.3 is 6.18 Å². The van der Waals surface area contributed by atoms with E-state index in [0.29, 0.717) is 24.3 Å². The van der Waals surface area contributed by atoms with Gasteiger partial charge in [0.1, 0.15) is 0 Å². The molecule has 154 valence electrons. The molecule has 1 aliphatic rings. The molecule has 0 radical (unpaired) electrons. The van der Waals surface area contributed by atoms with Crippen LogP contribution in [0.3, 0.4) is 0 Å². The van der Waals surface area contributed by atoms with Crippen molar-refractivity contribution in [2.24, 2.45) is 0 Å². The first-order valence-corrected chi connectivity index (χ1v) is 9.13. The van der Waals surface area contributed by atoms with Crippen LogP contribution in [0.15, 0.2) is 54.7 Å². The van der Waals surface area contributed by atoms with Crippen LogP contribution in [0.5, 0.6) is 0 Å². The maximum absolute atomic E-state index is 13.2. The van der Waals surface area contributed by atoms with Crippen LogP contribution in [0.2, 0.25) is 0 Å². The van der Waals surface area contributed by atoms with Gasteiger partial charge in [-0.25, -0.2) is 4.68 Å². The summed E-state index contributed by atoms with van der Waals surface area (Å²) in [5, 5.41) is 9.99. The number of rotatable bonds is 4. The van der Waals surface area contributed by atoms with E-state index in [1.807, 2.05) is 0 Å². The van der Waals surface area contributed by atoms with Gasteiger partial charge in [0.15, 0.2) is 5.69 Å². The van der Waals surface area contributed by atoms with Crippen molar-refractivity contribution in [1.29, 1.82) is 0 Å². The average molecular weight is 415 g/mol. The summed E-state index contributed by atoms with van der Waals surface area (Å²) >= 11 is 0. The van der Waals surface area contributed by atoms with E-state index in [1.54, 1.807) is 29.2 Å². The molecule has 1 fully saturated rings. The van der Waals surface area contributed by atoms with Crippen LogP contribution in [0.25, 0.3) is 5.69 Å². The topological polar surface area (TPSA) is 80.1 Å². The molecule has 7 nitrogen and oxygen atoms in total. The molecule has 10 heteroatoms. The van der Waals surface area contributed by atoms with E-state index in [9.17, 15) is 22.8 Å². The minimum absolute atomic E-state index is 0.0183. The van der Waals surface area contributed by atoms with Crippen LogP contribution < -0.4 is 10.2 Å². The first kappa shape index (κ1) is 19.6. The molecule has 0 unspecified atom stereocenters. The molecule has 0 aliphatic carbocycles. The van der Waals surface area contributed by atoms with Crippen molar-refractivity contribution in [1.82, 2.24) is 15.0 Å². The molecule has 30 heavy (non-hydrogen) atoms. The van der Waals surface area contributed by atoms with Crippen molar-refractivity contribution in [2.75, 3.05) is 16.8 Å². The summed E-state index contributed by atoms with van der Waals surface area (Å²) < 4.78 is 40.5. The standard InChI is InChI=1S/C20H16F3N5O2/c21-20(22,23)15-7-1-2-8-17(15)28-12-16(25-26-28)19(30)24-13-5-3-6-14(11-13)27-10-4-9-18(27)29/h1-3,5-8,11-12H,4,9-10H2,(H,24,30). The van der Waals surface area contributed by atoms with Crippen LogP contribution in [-0.2, 0) is 11.0 Å². The zero-order valence-electron chi connectivity index (χ0n) is 15.6. The lowest BCUT2D eigenvalue weighted by molar-refractivity contribution is -0.137. The second-order valence-corrected chi connectivity index (χ2v) is 6.72. The van der Waals surface area contributed by atoms with E-state index < -0.39 is 17.6 Å². The maximum Gasteiger partial charge on any atom is 0.418 e. The van der Waals surface area contributed by atoms with Crippen molar-refractivity contribution in [3.8, 4) is 5.69 Å². The van der Waals surface area contributed by atoms with Crippen molar-refractivity contribution in [2.45, 2.75) is 19.0 Å². The summed E-state index contributed by atoms with van der Waals surface area (Å²) in [6.45, 7) is 0.614. The van der Waals surface area contributed by atoms with Gasteiger partial charge in [-0.3, -0.25) is 9.59 Å². The molecule has 4 rings (SSSR count). The summed E-state index contributed by atoms with van der Waals surface area (Å²) in [5.74, 6) is -0.611. The quantitative estimate of drug-likeness (QED) is 0.705. The number of aromatic nitrogens is 3. The molecular formula is C20H16F3N5O2. The van der Waals surface area contributed by atoms with Gasteiger partial charge in [0.05, 0.1) is 17.4 Å². The molecule has 1 aromatic heterocycles. The summed E-state index contributed by atoms with van der Waals surface area (Å²) in [5.41, 5.74) is -0.161. The maximum atomic E-state index is 13.2. The lowest BCUT2D eigenvalue weighted by Gasteiger charge is -2.16. The lowest BCUT2D eigenvalue weighted by atomic mass is 10.1. The van der Waals surface area contributed by atoms with Crippen LogP contribution in [-0.4, -0.2) is 33.4 Å². The highest BCUT2D eigenvalue weighted by Gasteiger charge is 2.34. The molecule has 1 saturated heterocycles. The highest BCUT2D eigenvalue weighted by atomic mass is 19.4. The predicted octanol–water partition coefficient (Wildman–Crippen LogP) is 3.67. The first-order chi connectivity index (χ1) is 14.3. The number of carbonyl (C=O) groups excluding carboxylic acids is 2. The zero-order chi connectivity index (χ0) is 21.3. The molecule has 2 heterocycles. The van der Waals surface area contributed by atoms with Gasteiger partial charge in [0, 0.05) is 24.3 Å². The van der Waals surface area contributed by atoms with Crippen molar-refractivity contribution in [3.05, 3.63) is 66.0 Å². The lowest BCUT2D eigenvalue weighted by Crippen LogP contribution is -2.23. The van der Waals surface area contributed by atoms with Gasteiger partial charge in [0.2, 0.25) is 5.91 Å². The Morgan fingerprint density at radius 2 is 1.90 bits per heavy atom. The van der Waals surface area contributed by atoms with Crippen LogP contribution in [0, 0.1) is 0 Å². The summed E-state index contributed by atoms with van der Waals surface area (Å²) in [6, 6.07) is 11.7. The van der Waals surface area contributed by atoms with E-state index in [2.05, 4.69) is 15.6 Å². The van der Waals surface area contributed by atoms with Gasteiger partial charge in [-0.05, 0) is 36.8 Å². The van der Waals surface area contributed by atoms with E-state index in [4.69, 9.17) is 0 Å². The fourth-order valence-electron chi connectivity index (χ4n) is 3.27. The molecule has 3 aromatic rings. The third-order valence-corrected chi connectivity index (χ3v) is 4.67. The molecule has 1 aliphatic heterocycles. The van der Waals surface area contributed by atoms with Crippen molar-refractivity contribution in [3.63, 3.8) is 0 Å². The zero-order valence-corrected chi connectivity index (χ0v) is 15.6. The monoisotopic (exact) mass is 415 g/mol. The van der Waals surface area contributed by atoms with Crippen molar-refractivity contribution >= 4 is 23.2 Å². The van der Waals surface area contributed by atoms with E-state index >= 15 is 0 Å². The number of nitrogens with one attached hydrogen (secondary N) is 1. The number of anilines is 2. The van der Waals surface area contributed by atoms with Gasteiger partial charge < -0.3 is 10.2 Å². The van der Waals surface area contributed by atoms with Crippen molar-refractivity contribution < 1.29 is 22.8 Å². The Labute approximate surface area is 169 Å². The van der Waals surface area contributed by atoms with E-state index in [-0.39, 0.29) is 17.3 Å². The summed E-state index contributed by atoms with van der Waals surface area (Å²) in [6.07, 6.45) is -2.18. The Kier molecular flexibility index (Phi) is 4.98. The molecule has 0 atom stereocenters. The highest BCUT2D eigenvalue weighted by Crippen LogP contribution is 2.33. The molecule has 1 N–H and O–H groups in total. The third-order valence-electron chi connectivity index (χ3n) is 4.67. The number of amides is 2.